The Morgan fingerprint density at radius 1 is 1.42 bits per heavy atom. The van der Waals surface area contributed by atoms with Crippen molar-refractivity contribution >= 4 is 29.5 Å². The van der Waals surface area contributed by atoms with Gasteiger partial charge in [0, 0.05) is 18.8 Å². The first kappa shape index (κ1) is 18.5. The monoisotopic (exact) mass is 352 g/mol. The molecule has 1 aromatic rings. The van der Waals surface area contributed by atoms with Crippen molar-refractivity contribution in [1.82, 2.24) is 14.9 Å². The van der Waals surface area contributed by atoms with Crippen LogP contribution in [0.2, 0.25) is 0 Å². The third kappa shape index (κ3) is 4.59. The van der Waals surface area contributed by atoms with Gasteiger partial charge in [0.1, 0.15) is 11.4 Å². The lowest BCUT2D eigenvalue weighted by atomic mass is 10.0. The zero-order valence-corrected chi connectivity index (χ0v) is 15.0. The van der Waals surface area contributed by atoms with E-state index in [1.165, 1.54) is 24.4 Å². The van der Waals surface area contributed by atoms with E-state index >= 15 is 0 Å². The number of piperidine rings is 1. The van der Waals surface area contributed by atoms with E-state index in [0.717, 1.165) is 25.8 Å². The van der Waals surface area contributed by atoms with E-state index < -0.39 is 5.97 Å². The van der Waals surface area contributed by atoms with Crippen molar-refractivity contribution < 1.29 is 14.3 Å². The number of thioether (sulfide) groups is 1. The molecule has 1 atom stereocenters. The molecule has 0 spiro atoms. The highest BCUT2D eigenvalue weighted by Gasteiger charge is 2.25. The van der Waals surface area contributed by atoms with Gasteiger partial charge >= 0.3 is 5.97 Å². The second-order valence-corrected chi connectivity index (χ2v) is 6.55. The van der Waals surface area contributed by atoms with E-state index in [-0.39, 0.29) is 29.6 Å². The molecule has 2 rings (SSSR count). The Labute approximate surface area is 146 Å². The van der Waals surface area contributed by atoms with Crippen LogP contribution in [-0.2, 0) is 9.53 Å². The third-order valence-corrected chi connectivity index (χ3v) is 4.88. The van der Waals surface area contributed by atoms with Crippen LogP contribution in [0.3, 0.4) is 0 Å². The second-order valence-electron chi connectivity index (χ2n) is 5.61. The molecule has 24 heavy (non-hydrogen) atoms. The summed E-state index contributed by atoms with van der Waals surface area (Å²) in [5.74, 6) is -0.0953. The fraction of sp³-hybridized carbons (Fsp3) is 0.625. The molecule has 0 unspecified atom stereocenters. The van der Waals surface area contributed by atoms with Gasteiger partial charge in [-0.05, 0) is 32.6 Å². The highest BCUT2D eigenvalue weighted by molar-refractivity contribution is 7.99. The van der Waals surface area contributed by atoms with Crippen LogP contribution in [0, 0.1) is 0 Å². The van der Waals surface area contributed by atoms with E-state index in [9.17, 15) is 9.59 Å². The number of amides is 1. The summed E-state index contributed by atoms with van der Waals surface area (Å²) in [5, 5.41) is 0.388. The standard InChI is InChI=1S/C16H24N4O3S/c1-3-11-7-5-6-8-20(11)13(21)10-24-16-18-9-12(14(17)19-16)15(22)23-4-2/h9,11H,3-8,10H2,1-2H3,(H2,17,18,19)/t11-/m0/s1. The van der Waals surface area contributed by atoms with Gasteiger partial charge in [-0.3, -0.25) is 4.79 Å². The number of carbonyl (C=O) groups excluding carboxylic acids is 2. The highest BCUT2D eigenvalue weighted by Crippen LogP contribution is 2.22. The average Bonchev–Trinajstić information content (AvgIpc) is 2.59. The Kier molecular flexibility index (Phi) is 6.84. The number of hydrogen-bond donors (Lipinski definition) is 1. The van der Waals surface area contributed by atoms with Crippen molar-refractivity contribution in [3.63, 3.8) is 0 Å². The molecule has 1 amide bonds. The molecule has 1 aliphatic heterocycles. The summed E-state index contributed by atoms with van der Waals surface area (Å²) >= 11 is 1.24. The van der Waals surface area contributed by atoms with Gasteiger partial charge in [-0.1, -0.05) is 18.7 Å². The number of carbonyl (C=O) groups is 2. The Hall–Kier alpha value is -1.83. The molecule has 132 valence electrons. The first-order valence-electron chi connectivity index (χ1n) is 8.28. The van der Waals surface area contributed by atoms with Gasteiger partial charge in [0.15, 0.2) is 5.16 Å². The van der Waals surface area contributed by atoms with Gasteiger partial charge in [-0.25, -0.2) is 14.8 Å². The van der Waals surface area contributed by atoms with Crippen LogP contribution in [0.25, 0.3) is 0 Å². The lowest BCUT2D eigenvalue weighted by Crippen LogP contribution is -2.44. The minimum atomic E-state index is -0.540. The first-order chi connectivity index (χ1) is 11.6. The summed E-state index contributed by atoms with van der Waals surface area (Å²) < 4.78 is 4.88. The molecule has 0 aromatic carbocycles. The van der Waals surface area contributed by atoms with Crippen molar-refractivity contribution in [1.29, 1.82) is 0 Å². The number of hydrogen-bond acceptors (Lipinski definition) is 7. The van der Waals surface area contributed by atoms with Gasteiger partial charge in [0.25, 0.3) is 0 Å². The van der Waals surface area contributed by atoms with Gasteiger partial charge in [-0.15, -0.1) is 0 Å². The molecule has 7 nitrogen and oxygen atoms in total. The van der Waals surface area contributed by atoms with Crippen LogP contribution in [0.1, 0.15) is 49.9 Å². The topological polar surface area (TPSA) is 98.4 Å². The highest BCUT2D eigenvalue weighted by atomic mass is 32.2. The first-order valence-corrected chi connectivity index (χ1v) is 9.27. The maximum Gasteiger partial charge on any atom is 0.343 e. The van der Waals surface area contributed by atoms with Gasteiger partial charge < -0.3 is 15.4 Å². The molecule has 0 bridgehead atoms. The van der Waals surface area contributed by atoms with Crippen molar-refractivity contribution in [2.45, 2.75) is 50.7 Å². The summed E-state index contributed by atoms with van der Waals surface area (Å²) in [6.45, 7) is 4.91. The predicted molar refractivity (Wildman–Crippen MR) is 92.8 cm³/mol. The summed E-state index contributed by atoms with van der Waals surface area (Å²) in [7, 11) is 0. The quantitative estimate of drug-likeness (QED) is 0.475. The SMILES string of the molecule is CCOC(=O)c1cnc(SCC(=O)N2CCCC[C@@H]2CC)nc1N. The molecule has 0 radical (unpaired) electrons. The Morgan fingerprint density at radius 3 is 2.88 bits per heavy atom. The van der Waals surface area contributed by atoms with Crippen molar-refractivity contribution in [2.75, 3.05) is 24.6 Å². The maximum atomic E-state index is 12.4. The second kappa shape index (κ2) is 8.86. The molecular formula is C16H24N4O3S. The third-order valence-electron chi connectivity index (χ3n) is 4.03. The zero-order chi connectivity index (χ0) is 17.5. The summed E-state index contributed by atoms with van der Waals surface area (Å²) in [6.07, 6.45) is 5.65. The number of nitrogen functional groups attached to an aromatic ring is 1. The molecule has 0 aliphatic carbocycles. The number of anilines is 1. The molecular weight excluding hydrogens is 328 g/mol. The number of nitrogens with zero attached hydrogens (tertiary/aromatic N) is 3. The van der Waals surface area contributed by atoms with Crippen molar-refractivity contribution in [3.05, 3.63) is 11.8 Å². The fourth-order valence-electron chi connectivity index (χ4n) is 2.78. The lowest BCUT2D eigenvalue weighted by Gasteiger charge is -2.35. The molecule has 2 N–H and O–H groups in total. The average molecular weight is 352 g/mol. The smallest absolute Gasteiger partial charge is 0.343 e. The van der Waals surface area contributed by atoms with Gasteiger partial charge in [-0.2, -0.15) is 0 Å². The minimum absolute atomic E-state index is 0.0720. The molecule has 1 aromatic heterocycles. The van der Waals surface area contributed by atoms with Crippen LogP contribution >= 0.6 is 11.8 Å². The summed E-state index contributed by atoms with van der Waals surface area (Å²) in [6, 6.07) is 0.337. The Morgan fingerprint density at radius 2 is 2.21 bits per heavy atom. The largest absolute Gasteiger partial charge is 0.462 e. The van der Waals surface area contributed by atoms with Crippen LogP contribution in [0.15, 0.2) is 11.4 Å². The van der Waals surface area contributed by atoms with Crippen LogP contribution in [0.5, 0.6) is 0 Å². The zero-order valence-electron chi connectivity index (χ0n) is 14.2. The number of esters is 1. The van der Waals surface area contributed by atoms with Crippen molar-refractivity contribution in [2.24, 2.45) is 0 Å². The number of ether oxygens (including phenoxy) is 1. The van der Waals surface area contributed by atoms with E-state index in [1.807, 2.05) is 4.90 Å². The fourth-order valence-corrected chi connectivity index (χ4v) is 3.48. The summed E-state index contributed by atoms with van der Waals surface area (Å²) in [5.41, 5.74) is 5.93. The normalized spacial score (nSPS) is 17.6. The van der Waals surface area contributed by atoms with E-state index in [2.05, 4.69) is 16.9 Å². The van der Waals surface area contributed by atoms with E-state index in [0.29, 0.717) is 11.2 Å². The van der Waals surface area contributed by atoms with E-state index in [1.54, 1.807) is 6.92 Å². The lowest BCUT2D eigenvalue weighted by molar-refractivity contribution is -0.132. The molecule has 8 heteroatoms. The number of nitrogens with two attached hydrogens (primary N) is 1. The Balaban J connectivity index is 1.95. The van der Waals surface area contributed by atoms with Gasteiger partial charge in [0.2, 0.25) is 5.91 Å². The summed E-state index contributed by atoms with van der Waals surface area (Å²) in [4.78, 5) is 34.3. The maximum absolute atomic E-state index is 12.4. The molecule has 0 saturated carbocycles. The van der Waals surface area contributed by atoms with Gasteiger partial charge in [0.05, 0.1) is 12.4 Å². The molecule has 1 aliphatic rings. The predicted octanol–water partition coefficient (Wildman–Crippen LogP) is 2.12. The van der Waals surface area contributed by atoms with Crippen molar-refractivity contribution in [3.8, 4) is 0 Å². The minimum Gasteiger partial charge on any atom is -0.462 e. The number of aromatic nitrogens is 2. The van der Waals surface area contributed by atoms with E-state index in [4.69, 9.17) is 10.5 Å². The van der Waals surface area contributed by atoms with Crippen LogP contribution in [0.4, 0.5) is 5.82 Å². The molecule has 1 saturated heterocycles. The molecule has 2 heterocycles. The number of rotatable bonds is 6. The van der Waals surface area contributed by atoms with Crippen LogP contribution in [-0.4, -0.2) is 51.7 Å². The Bertz CT molecular complexity index is 597. The molecule has 1 fully saturated rings. The number of likely N-dealkylation sites (tertiary alicyclic amines) is 1. The van der Waals surface area contributed by atoms with Crippen LogP contribution < -0.4 is 5.73 Å².